The predicted octanol–water partition coefficient (Wildman–Crippen LogP) is 16.7. The van der Waals surface area contributed by atoms with Crippen molar-refractivity contribution >= 4 is 67.3 Å². The Balaban J connectivity index is 0.880. The average molecular weight is 833 g/mol. The topological polar surface area (TPSA) is 14.7 Å². The molecule has 0 spiro atoms. The first-order valence-corrected chi connectivity index (χ1v) is 22.3. The molecule has 0 bridgehead atoms. The van der Waals surface area contributed by atoms with Crippen molar-refractivity contribution in [2.75, 3.05) is 14.7 Å². The van der Waals surface area contributed by atoms with E-state index in [1.54, 1.807) is 0 Å². The van der Waals surface area contributed by atoms with E-state index in [9.17, 15) is 0 Å². The zero-order valence-electron chi connectivity index (χ0n) is 35.7. The van der Waals surface area contributed by atoms with Crippen molar-refractivity contribution in [3.63, 3.8) is 0 Å². The van der Waals surface area contributed by atoms with Gasteiger partial charge in [0.1, 0.15) is 0 Å². The summed E-state index contributed by atoms with van der Waals surface area (Å²) in [4.78, 5) is 7.14. The minimum absolute atomic E-state index is 0.813. The molecule has 0 saturated heterocycles. The zero-order chi connectivity index (χ0) is 43.1. The zero-order valence-corrected chi connectivity index (χ0v) is 35.7. The van der Waals surface area contributed by atoms with Crippen LogP contribution in [-0.4, -0.2) is 4.57 Å². The van der Waals surface area contributed by atoms with Crippen molar-refractivity contribution in [2.45, 2.75) is 6.54 Å². The third-order valence-electron chi connectivity index (χ3n) is 12.8. The highest BCUT2D eigenvalue weighted by Gasteiger charge is 2.25. The van der Waals surface area contributed by atoms with E-state index in [0.29, 0.717) is 0 Å². The van der Waals surface area contributed by atoms with Crippen molar-refractivity contribution < 1.29 is 0 Å². The molecule has 4 heteroatoms. The monoisotopic (exact) mass is 832 g/mol. The Morgan fingerprint density at radius 3 is 1.40 bits per heavy atom. The van der Waals surface area contributed by atoms with Gasteiger partial charge in [0.25, 0.3) is 0 Å². The van der Waals surface area contributed by atoms with Gasteiger partial charge in [-0.25, -0.2) is 0 Å². The van der Waals surface area contributed by atoms with Gasteiger partial charge in [0.15, 0.2) is 0 Å². The van der Waals surface area contributed by atoms with E-state index in [4.69, 9.17) is 0 Å². The van der Waals surface area contributed by atoms with E-state index in [1.165, 1.54) is 49.9 Å². The Kier molecular flexibility index (Phi) is 9.53. The summed E-state index contributed by atoms with van der Waals surface area (Å²) in [5.41, 5.74) is 18.8. The van der Waals surface area contributed by atoms with Gasteiger partial charge in [-0.05, 0) is 138 Å². The normalized spacial score (nSPS) is 11.9. The van der Waals surface area contributed by atoms with Gasteiger partial charge < -0.3 is 19.3 Å². The summed E-state index contributed by atoms with van der Waals surface area (Å²) in [6, 6.07) is 92.0. The Morgan fingerprint density at radius 1 is 0.308 bits per heavy atom. The molecule has 0 amide bonds. The second-order valence-electron chi connectivity index (χ2n) is 16.6. The molecule has 11 aromatic rings. The fraction of sp³-hybridized carbons (Fsp3) is 0.0164. The lowest BCUT2D eigenvalue weighted by atomic mass is 9.92. The van der Waals surface area contributed by atoms with Gasteiger partial charge in [-0.15, -0.1) is 0 Å². The molecule has 12 rings (SSSR count). The third-order valence-corrected chi connectivity index (χ3v) is 12.8. The summed E-state index contributed by atoms with van der Waals surface area (Å²) in [7, 11) is 0. The molecular formula is C61H44N4. The molecule has 1 aliphatic rings. The van der Waals surface area contributed by atoms with Crippen molar-refractivity contribution in [3.05, 3.63) is 260 Å². The lowest BCUT2D eigenvalue weighted by molar-refractivity contribution is 0.961. The molecule has 1 aliphatic heterocycles. The summed E-state index contributed by atoms with van der Waals surface area (Å²) < 4.78 is 2.37. The van der Waals surface area contributed by atoms with Crippen LogP contribution in [0, 0.1) is 0 Å². The summed E-state index contributed by atoms with van der Waals surface area (Å²) in [6.07, 6.45) is 0. The number of rotatable bonds is 9. The molecule has 0 aliphatic carbocycles. The van der Waals surface area contributed by atoms with Crippen molar-refractivity contribution in [2.24, 2.45) is 0 Å². The van der Waals surface area contributed by atoms with Gasteiger partial charge in [-0.3, -0.25) is 0 Å². The smallest absolute Gasteiger partial charge is 0.0542 e. The van der Waals surface area contributed by atoms with Crippen LogP contribution >= 0.6 is 0 Å². The number of para-hydroxylation sites is 6. The highest BCUT2D eigenvalue weighted by molar-refractivity contribution is 6.10. The minimum atomic E-state index is 0.813. The van der Waals surface area contributed by atoms with Gasteiger partial charge in [0.2, 0.25) is 0 Å². The summed E-state index contributed by atoms with van der Waals surface area (Å²) in [5.74, 6) is 0. The van der Waals surface area contributed by atoms with E-state index in [1.807, 2.05) is 0 Å². The Morgan fingerprint density at radius 2 is 0.769 bits per heavy atom. The largest absolute Gasteiger partial charge is 0.336 e. The third kappa shape index (κ3) is 6.89. The van der Waals surface area contributed by atoms with E-state index in [-0.39, 0.29) is 0 Å². The lowest BCUT2D eigenvalue weighted by Gasteiger charge is -2.34. The molecule has 0 fully saturated rings. The number of aromatic nitrogens is 1. The lowest BCUT2D eigenvalue weighted by Crippen LogP contribution is -2.21. The van der Waals surface area contributed by atoms with Crippen LogP contribution in [0.25, 0.3) is 49.7 Å². The van der Waals surface area contributed by atoms with E-state index >= 15 is 0 Å². The van der Waals surface area contributed by atoms with Gasteiger partial charge in [-0.1, -0.05) is 140 Å². The van der Waals surface area contributed by atoms with Crippen molar-refractivity contribution in [1.82, 2.24) is 4.57 Å². The first-order chi connectivity index (χ1) is 32.2. The summed E-state index contributed by atoms with van der Waals surface area (Å²) in [6.45, 7) is 0.813. The summed E-state index contributed by atoms with van der Waals surface area (Å²) in [5, 5.41) is 2.46. The molecule has 4 nitrogen and oxygen atoms in total. The maximum absolute atomic E-state index is 2.42. The first-order valence-electron chi connectivity index (χ1n) is 22.3. The second-order valence-corrected chi connectivity index (χ2v) is 16.6. The van der Waals surface area contributed by atoms with Crippen molar-refractivity contribution in [1.29, 1.82) is 0 Å². The number of benzene rings is 10. The maximum atomic E-state index is 2.42. The van der Waals surface area contributed by atoms with E-state index in [0.717, 1.165) is 57.5 Å². The highest BCUT2D eigenvalue weighted by Crippen LogP contribution is 2.46. The number of hydrogen-bond acceptors (Lipinski definition) is 3. The van der Waals surface area contributed by atoms with E-state index < -0.39 is 0 Å². The fourth-order valence-corrected chi connectivity index (χ4v) is 9.73. The number of nitrogens with zero attached hydrogens (tertiary/aromatic N) is 4. The Bertz CT molecular complexity index is 3440. The van der Waals surface area contributed by atoms with Crippen LogP contribution in [0.15, 0.2) is 255 Å². The van der Waals surface area contributed by atoms with Crippen LogP contribution in [0.3, 0.4) is 0 Å². The molecular weight excluding hydrogens is 789 g/mol. The van der Waals surface area contributed by atoms with E-state index in [2.05, 4.69) is 274 Å². The van der Waals surface area contributed by atoms with Crippen LogP contribution < -0.4 is 14.7 Å². The molecule has 0 unspecified atom stereocenters. The second kappa shape index (κ2) is 16.3. The number of fused-ring (bicyclic) bond motifs is 6. The standard InChI is InChI=1S/C61H44N4/c1-5-17-47(18-6-1)62-43-46-33-38-53(41-57(46)55-25-13-15-27-59(55)62)63(48-19-7-2-8-20-48)51-34-29-44(30-35-51)45-31-36-52(37-32-45)64(49-21-9-3-10-22-49)54-39-40-61-58(42-54)56-26-14-16-28-60(56)65(61)50-23-11-4-12-24-50/h1-42H,43H2. The minimum Gasteiger partial charge on any atom is -0.336 e. The molecule has 0 radical (unpaired) electrons. The van der Waals surface area contributed by atoms with Crippen molar-refractivity contribution in [3.8, 4) is 27.9 Å². The fourth-order valence-electron chi connectivity index (χ4n) is 9.73. The van der Waals surface area contributed by atoms with Crippen LogP contribution in [-0.2, 0) is 6.54 Å². The van der Waals surface area contributed by atoms with Gasteiger partial charge in [0, 0.05) is 74.1 Å². The van der Waals surface area contributed by atoms with Gasteiger partial charge in [0.05, 0.1) is 11.0 Å². The number of hydrogen-bond donors (Lipinski definition) is 0. The average Bonchev–Trinajstić information content (AvgIpc) is 3.72. The van der Waals surface area contributed by atoms with Crippen LogP contribution in [0.4, 0.5) is 45.5 Å². The highest BCUT2D eigenvalue weighted by atomic mass is 15.2. The van der Waals surface area contributed by atoms with Crippen LogP contribution in [0.2, 0.25) is 0 Å². The number of anilines is 8. The molecule has 10 aromatic carbocycles. The predicted molar refractivity (Wildman–Crippen MR) is 273 cm³/mol. The molecule has 0 N–H and O–H groups in total. The molecule has 1 aromatic heterocycles. The Labute approximate surface area is 379 Å². The van der Waals surface area contributed by atoms with Gasteiger partial charge in [-0.2, -0.15) is 0 Å². The van der Waals surface area contributed by atoms with Crippen LogP contribution in [0.1, 0.15) is 5.56 Å². The first kappa shape index (κ1) is 38.1. The maximum Gasteiger partial charge on any atom is 0.0542 e. The Hall–Kier alpha value is -8.60. The van der Waals surface area contributed by atoms with Crippen LogP contribution in [0.5, 0.6) is 0 Å². The SMILES string of the molecule is c1ccc(N2Cc3ccc(N(c4ccccc4)c4ccc(-c5ccc(N(c6ccccc6)c6ccc7c(c6)c6ccccc6n7-c6ccccc6)cc5)cc4)cc3-c3ccccc32)cc1. The molecule has 0 saturated carbocycles. The quantitative estimate of drug-likeness (QED) is 0.144. The summed E-state index contributed by atoms with van der Waals surface area (Å²) >= 11 is 0. The molecule has 0 atom stereocenters. The van der Waals surface area contributed by atoms with Gasteiger partial charge >= 0.3 is 0 Å². The molecule has 308 valence electrons. The molecule has 2 heterocycles. The molecule has 65 heavy (non-hydrogen) atoms.